The number of hydrogen-bond donors (Lipinski definition) is 1. The molecule has 1 N–H and O–H groups in total. The number of anilines is 1. The van der Waals surface area contributed by atoms with Crippen LogP contribution in [-0.2, 0) is 4.79 Å². The van der Waals surface area contributed by atoms with Crippen LogP contribution < -0.4 is 10.2 Å². The summed E-state index contributed by atoms with van der Waals surface area (Å²) in [7, 11) is 0. The van der Waals surface area contributed by atoms with Gasteiger partial charge >= 0.3 is 0 Å². The van der Waals surface area contributed by atoms with Gasteiger partial charge < -0.3 is 10.2 Å². The lowest BCUT2D eigenvalue weighted by molar-refractivity contribution is -0.123. The van der Waals surface area contributed by atoms with E-state index in [1.165, 1.54) is 5.56 Å². The maximum atomic E-state index is 12.5. The second-order valence-electron chi connectivity index (χ2n) is 6.78. The van der Waals surface area contributed by atoms with Crippen molar-refractivity contribution < 1.29 is 4.79 Å². The molecule has 1 saturated heterocycles. The van der Waals surface area contributed by atoms with Crippen LogP contribution in [0.4, 0.5) is 5.13 Å². The van der Waals surface area contributed by atoms with Crippen molar-refractivity contribution in [2.24, 2.45) is 5.92 Å². The Hall–Kier alpha value is -1.92. The molecule has 0 saturated carbocycles. The van der Waals surface area contributed by atoms with Crippen LogP contribution in [0.5, 0.6) is 0 Å². The van der Waals surface area contributed by atoms with Gasteiger partial charge in [0.25, 0.3) is 0 Å². The van der Waals surface area contributed by atoms with Gasteiger partial charge in [0.15, 0.2) is 5.13 Å². The molecule has 5 nitrogen and oxygen atoms in total. The fourth-order valence-electron chi connectivity index (χ4n) is 3.19. The Balaban J connectivity index is 1.50. The molecule has 0 unspecified atom stereocenters. The standard InChI is InChI=1S/C19H26N4OS/c1-15(2)18(16-6-4-3-5-7-16)21-17(24)14-22-9-11-23(12-10-22)19-20-8-13-25-19/h3-8,13,15,18H,9-12,14H2,1-2H3,(H,21,24)/t18-/m0/s1. The number of nitrogens with one attached hydrogen (secondary N) is 1. The molecule has 0 aliphatic carbocycles. The van der Waals surface area contributed by atoms with E-state index in [9.17, 15) is 4.79 Å². The predicted molar refractivity (Wildman–Crippen MR) is 103 cm³/mol. The van der Waals surface area contributed by atoms with E-state index >= 15 is 0 Å². The normalized spacial score (nSPS) is 16.8. The molecular weight excluding hydrogens is 332 g/mol. The molecule has 1 fully saturated rings. The van der Waals surface area contributed by atoms with Gasteiger partial charge in [0.05, 0.1) is 12.6 Å². The van der Waals surface area contributed by atoms with Crippen molar-refractivity contribution in [3.63, 3.8) is 0 Å². The highest BCUT2D eigenvalue weighted by atomic mass is 32.1. The zero-order valence-electron chi connectivity index (χ0n) is 14.9. The monoisotopic (exact) mass is 358 g/mol. The Kier molecular flexibility index (Phi) is 6.04. The molecular formula is C19H26N4OS. The molecule has 0 radical (unpaired) electrons. The molecule has 0 bridgehead atoms. The van der Waals surface area contributed by atoms with Gasteiger partial charge in [-0.2, -0.15) is 0 Å². The molecule has 2 aromatic rings. The number of benzene rings is 1. The Morgan fingerprint density at radius 3 is 2.52 bits per heavy atom. The van der Waals surface area contributed by atoms with E-state index in [1.807, 2.05) is 29.8 Å². The minimum Gasteiger partial charge on any atom is -0.348 e. The van der Waals surface area contributed by atoms with Crippen LogP contribution in [0.15, 0.2) is 41.9 Å². The van der Waals surface area contributed by atoms with Gasteiger partial charge in [-0.05, 0) is 11.5 Å². The van der Waals surface area contributed by atoms with Gasteiger partial charge in [-0.1, -0.05) is 44.2 Å². The Morgan fingerprint density at radius 2 is 1.92 bits per heavy atom. The zero-order chi connectivity index (χ0) is 17.6. The van der Waals surface area contributed by atoms with Crippen molar-refractivity contribution in [1.82, 2.24) is 15.2 Å². The van der Waals surface area contributed by atoms with Crippen molar-refractivity contribution in [3.05, 3.63) is 47.5 Å². The summed E-state index contributed by atoms with van der Waals surface area (Å²) in [6, 6.07) is 10.3. The van der Waals surface area contributed by atoms with Crippen molar-refractivity contribution in [3.8, 4) is 0 Å². The molecule has 25 heavy (non-hydrogen) atoms. The van der Waals surface area contributed by atoms with E-state index in [4.69, 9.17) is 0 Å². The second kappa shape index (κ2) is 8.45. The molecule has 1 aromatic heterocycles. The van der Waals surface area contributed by atoms with Crippen LogP contribution in [-0.4, -0.2) is 48.5 Å². The maximum Gasteiger partial charge on any atom is 0.234 e. The Bertz CT molecular complexity index is 651. The van der Waals surface area contributed by atoms with Gasteiger partial charge in [-0.3, -0.25) is 9.69 Å². The topological polar surface area (TPSA) is 48.5 Å². The quantitative estimate of drug-likeness (QED) is 0.863. The number of carbonyl (C=O) groups is 1. The summed E-state index contributed by atoms with van der Waals surface area (Å²) in [6.07, 6.45) is 1.84. The third kappa shape index (κ3) is 4.80. The van der Waals surface area contributed by atoms with Crippen molar-refractivity contribution >= 4 is 22.4 Å². The van der Waals surface area contributed by atoms with E-state index in [1.54, 1.807) is 11.3 Å². The summed E-state index contributed by atoms with van der Waals surface area (Å²) in [5.41, 5.74) is 1.17. The van der Waals surface area contributed by atoms with Crippen LogP contribution >= 0.6 is 11.3 Å². The number of carbonyl (C=O) groups excluding carboxylic acids is 1. The summed E-state index contributed by atoms with van der Waals surface area (Å²) in [4.78, 5) is 21.4. The van der Waals surface area contributed by atoms with Gasteiger partial charge in [0, 0.05) is 37.8 Å². The average molecular weight is 359 g/mol. The SMILES string of the molecule is CC(C)[C@H](NC(=O)CN1CCN(c2nccs2)CC1)c1ccccc1. The fraction of sp³-hybridized carbons (Fsp3) is 0.474. The van der Waals surface area contributed by atoms with Crippen molar-refractivity contribution in [2.75, 3.05) is 37.6 Å². The van der Waals surface area contributed by atoms with Crippen LogP contribution in [0, 0.1) is 5.92 Å². The molecule has 3 rings (SSSR count). The summed E-state index contributed by atoms with van der Waals surface area (Å²) < 4.78 is 0. The molecule has 1 aliphatic heterocycles. The minimum atomic E-state index is 0.0605. The van der Waals surface area contributed by atoms with Crippen LogP contribution in [0.3, 0.4) is 0 Å². The molecule has 134 valence electrons. The number of thiazole rings is 1. The number of rotatable bonds is 6. The number of nitrogens with zero attached hydrogens (tertiary/aromatic N) is 3. The third-order valence-electron chi connectivity index (χ3n) is 4.57. The van der Waals surface area contributed by atoms with Crippen molar-refractivity contribution in [2.45, 2.75) is 19.9 Å². The summed E-state index contributed by atoms with van der Waals surface area (Å²) in [5.74, 6) is 0.457. The first-order valence-electron chi connectivity index (χ1n) is 8.84. The lowest BCUT2D eigenvalue weighted by Gasteiger charge is -2.34. The second-order valence-corrected chi connectivity index (χ2v) is 7.65. The van der Waals surface area contributed by atoms with Gasteiger partial charge in [0.1, 0.15) is 0 Å². The fourth-order valence-corrected chi connectivity index (χ4v) is 3.88. The average Bonchev–Trinajstić information content (AvgIpc) is 3.15. The highest BCUT2D eigenvalue weighted by molar-refractivity contribution is 7.13. The first-order chi connectivity index (χ1) is 12.1. The molecule has 1 aromatic carbocycles. The largest absolute Gasteiger partial charge is 0.348 e. The molecule has 2 heterocycles. The predicted octanol–water partition coefficient (Wildman–Crippen LogP) is 2.78. The van der Waals surface area contributed by atoms with Crippen LogP contribution in [0.1, 0.15) is 25.5 Å². The highest BCUT2D eigenvalue weighted by Gasteiger charge is 2.23. The lowest BCUT2D eigenvalue weighted by Crippen LogP contribution is -2.50. The van der Waals surface area contributed by atoms with E-state index in [2.05, 4.69) is 46.1 Å². The third-order valence-corrected chi connectivity index (χ3v) is 5.40. The van der Waals surface area contributed by atoms with E-state index in [-0.39, 0.29) is 11.9 Å². The number of hydrogen-bond acceptors (Lipinski definition) is 5. The number of amides is 1. The first kappa shape index (κ1) is 17.9. The molecule has 1 amide bonds. The molecule has 0 spiro atoms. The van der Waals surface area contributed by atoms with E-state index in [0.717, 1.165) is 31.3 Å². The van der Waals surface area contributed by atoms with E-state index in [0.29, 0.717) is 12.5 Å². The Labute approximate surface area is 153 Å². The molecule has 6 heteroatoms. The number of aromatic nitrogens is 1. The van der Waals surface area contributed by atoms with Gasteiger partial charge in [-0.15, -0.1) is 11.3 Å². The lowest BCUT2D eigenvalue weighted by atomic mass is 9.96. The first-order valence-corrected chi connectivity index (χ1v) is 9.72. The molecule has 1 atom stereocenters. The molecule has 1 aliphatic rings. The van der Waals surface area contributed by atoms with Crippen molar-refractivity contribution in [1.29, 1.82) is 0 Å². The minimum absolute atomic E-state index is 0.0605. The smallest absolute Gasteiger partial charge is 0.234 e. The summed E-state index contributed by atoms with van der Waals surface area (Å²) in [5, 5.41) is 6.30. The number of piperazine rings is 1. The van der Waals surface area contributed by atoms with E-state index < -0.39 is 0 Å². The summed E-state index contributed by atoms with van der Waals surface area (Å²) in [6.45, 7) is 8.38. The van der Waals surface area contributed by atoms with Crippen LogP contribution in [0.2, 0.25) is 0 Å². The zero-order valence-corrected chi connectivity index (χ0v) is 15.7. The van der Waals surface area contributed by atoms with Gasteiger partial charge in [-0.25, -0.2) is 4.98 Å². The van der Waals surface area contributed by atoms with Gasteiger partial charge in [0.2, 0.25) is 5.91 Å². The van der Waals surface area contributed by atoms with Crippen LogP contribution in [0.25, 0.3) is 0 Å². The maximum absolute atomic E-state index is 12.5. The summed E-state index contributed by atoms with van der Waals surface area (Å²) >= 11 is 1.67. The Morgan fingerprint density at radius 1 is 1.20 bits per heavy atom. The highest BCUT2D eigenvalue weighted by Crippen LogP contribution is 2.21.